The minimum Gasteiger partial charge on any atom is -0.385 e. The van der Waals surface area contributed by atoms with Crippen molar-refractivity contribution in [3.63, 3.8) is 0 Å². The van der Waals surface area contributed by atoms with Crippen molar-refractivity contribution in [1.29, 1.82) is 0 Å². The molecule has 1 aliphatic heterocycles. The van der Waals surface area contributed by atoms with E-state index in [9.17, 15) is 0 Å². The molecular weight excluding hydrogens is 176 g/mol. The van der Waals surface area contributed by atoms with Crippen LogP contribution in [0.5, 0.6) is 0 Å². The standard InChI is InChI=1S/C11H24N2O/c1-14-9-5-6-11(12)10-13-7-3-2-4-8-13/h11H,2-10,12H2,1H3. The first-order valence-corrected chi connectivity index (χ1v) is 5.80. The van der Waals surface area contributed by atoms with Crippen molar-refractivity contribution in [3.8, 4) is 0 Å². The van der Waals surface area contributed by atoms with Gasteiger partial charge in [0.25, 0.3) is 0 Å². The molecule has 3 nitrogen and oxygen atoms in total. The summed E-state index contributed by atoms with van der Waals surface area (Å²) < 4.78 is 5.01. The number of hydrogen-bond acceptors (Lipinski definition) is 3. The van der Waals surface area contributed by atoms with Gasteiger partial charge in [-0.2, -0.15) is 0 Å². The van der Waals surface area contributed by atoms with E-state index < -0.39 is 0 Å². The number of likely N-dealkylation sites (tertiary alicyclic amines) is 1. The molecule has 1 heterocycles. The Morgan fingerprint density at radius 1 is 1.29 bits per heavy atom. The number of ether oxygens (including phenoxy) is 1. The third-order valence-corrected chi connectivity index (χ3v) is 2.86. The van der Waals surface area contributed by atoms with E-state index in [-0.39, 0.29) is 0 Å². The van der Waals surface area contributed by atoms with E-state index in [0.717, 1.165) is 26.0 Å². The average Bonchev–Trinajstić information content (AvgIpc) is 2.20. The fourth-order valence-electron chi connectivity index (χ4n) is 2.05. The van der Waals surface area contributed by atoms with Crippen molar-refractivity contribution in [1.82, 2.24) is 4.90 Å². The van der Waals surface area contributed by atoms with Crippen molar-refractivity contribution in [2.75, 3.05) is 33.4 Å². The fraction of sp³-hybridized carbons (Fsp3) is 1.00. The average molecular weight is 200 g/mol. The molecule has 0 bridgehead atoms. The van der Waals surface area contributed by atoms with Crippen LogP contribution in [0.3, 0.4) is 0 Å². The lowest BCUT2D eigenvalue weighted by atomic mass is 10.1. The van der Waals surface area contributed by atoms with E-state index in [1.807, 2.05) is 0 Å². The van der Waals surface area contributed by atoms with Crippen LogP contribution < -0.4 is 5.73 Å². The summed E-state index contributed by atoms with van der Waals surface area (Å²) in [5.74, 6) is 0. The quantitative estimate of drug-likeness (QED) is 0.655. The number of nitrogens with zero attached hydrogens (tertiary/aromatic N) is 1. The van der Waals surface area contributed by atoms with Gasteiger partial charge >= 0.3 is 0 Å². The van der Waals surface area contributed by atoms with Crippen LogP contribution in [-0.4, -0.2) is 44.3 Å². The van der Waals surface area contributed by atoms with Crippen LogP contribution >= 0.6 is 0 Å². The summed E-state index contributed by atoms with van der Waals surface area (Å²) in [5.41, 5.74) is 6.05. The summed E-state index contributed by atoms with van der Waals surface area (Å²) in [4.78, 5) is 2.50. The van der Waals surface area contributed by atoms with Crippen molar-refractivity contribution in [3.05, 3.63) is 0 Å². The Hall–Kier alpha value is -0.120. The highest BCUT2D eigenvalue weighted by atomic mass is 16.5. The van der Waals surface area contributed by atoms with E-state index in [4.69, 9.17) is 10.5 Å². The molecule has 0 aliphatic carbocycles. The zero-order valence-electron chi connectivity index (χ0n) is 9.37. The lowest BCUT2D eigenvalue weighted by Crippen LogP contribution is -2.40. The molecule has 1 rings (SSSR count). The minimum atomic E-state index is 0.336. The third kappa shape index (κ3) is 4.94. The van der Waals surface area contributed by atoms with Crippen molar-refractivity contribution in [2.24, 2.45) is 5.73 Å². The second-order valence-corrected chi connectivity index (χ2v) is 4.26. The van der Waals surface area contributed by atoms with Gasteiger partial charge in [-0.1, -0.05) is 6.42 Å². The second-order valence-electron chi connectivity index (χ2n) is 4.26. The highest BCUT2D eigenvalue weighted by molar-refractivity contribution is 4.71. The van der Waals surface area contributed by atoms with Crippen LogP contribution in [0.2, 0.25) is 0 Å². The molecule has 0 aromatic rings. The maximum Gasteiger partial charge on any atom is 0.0462 e. The Labute approximate surface area is 87.6 Å². The number of methoxy groups -OCH3 is 1. The van der Waals surface area contributed by atoms with Gasteiger partial charge in [0.2, 0.25) is 0 Å². The van der Waals surface area contributed by atoms with E-state index in [1.54, 1.807) is 7.11 Å². The van der Waals surface area contributed by atoms with Gasteiger partial charge in [-0.15, -0.1) is 0 Å². The van der Waals surface area contributed by atoms with E-state index >= 15 is 0 Å². The van der Waals surface area contributed by atoms with Crippen molar-refractivity contribution < 1.29 is 4.74 Å². The van der Waals surface area contributed by atoms with Gasteiger partial charge in [-0.25, -0.2) is 0 Å². The topological polar surface area (TPSA) is 38.5 Å². The van der Waals surface area contributed by atoms with Gasteiger partial charge in [0.15, 0.2) is 0 Å². The Balaban J connectivity index is 2.03. The van der Waals surface area contributed by atoms with E-state index in [0.29, 0.717) is 6.04 Å². The number of rotatable bonds is 6. The smallest absolute Gasteiger partial charge is 0.0462 e. The number of piperidine rings is 1. The fourth-order valence-corrected chi connectivity index (χ4v) is 2.05. The van der Waals surface area contributed by atoms with Crippen LogP contribution in [0.15, 0.2) is 0 Å². The molecule has 1 fully saturated rings. The molecular formula is C11H24N2O. The van der Waals surface area contributed by atoms with Gasteiger partial charge in [0.05, 0.1) is 0 Å². The summed E-state index contributed by atoms with van der Waals surface area (Å²) in [6.45, 7) is 4.41. The Bertz CT molecular complexity index is 135. The minimum absolute atomic E-state index is 0.336. The highest BCUT2D eigenvalue weighted by Crippen LogP contribution is 2.09. The SMILES string of the molecule is COCCCC(N)CN1CCCCC1. The van der Waals surface area contributed by atoms with Gasteiger partial charge in [0, 0.05) is 26.3 Å². The first-order valence-electron chi connectivity index (χ1n) is 5.80. The molecule has 0 spiro atoms. The van der Waals surface area contributed by atoms with Crippen molar-refractivity contribution >= 4 is 0 Å². The van der Waals surface area contributed by atoms with E-state index in [2.05, 4.69) is 4.90 Å². The monoisotopic (exact) mass is 200 g/mol. The number of nitrogens with two attached hydrogens (primary N) is 1. The Morgan fingerprint density at radius 2 is 2.00 bits per heavy atom. The third-order valence-electron chi connectivity index (χ3n) is 2.86. The predicted octanol–water partition coefficient (Wildman–Crippen LogP) is 1.23. The summed E-state index contributed by atoms with van der Waals surface area (Å²) in [5, 5.41) is 0. The molecule has 14 heavy (non-hydrogen) atoms. The zero-order chi connectivity index (χ0) is 10.2. The molecule has 0 aromatic heterocycles. The molecule has 1 aliphatic rings. The van der Waals surface area contributed by atoms with Gasteiger partial charge < -0.3 is 15.4 Å². The van der Waals surface area contributed by atoms with Gasteiger partial charge in [0.1, 0.15) is 0 Å². The molecule has 1 saturated heterocycles. The highest BCUT2D eigenvalue weighted by Gasteiger charge is 2.13. The zero-order valence-corrected chi connectivity index (χ0v) is 9.37. The predicted molar refractivity (Wildman–Crippen MR) is 59.4 cm³/mol. The molecule has 0 amide bonds. The molecule has 0 saturated carbocycles. The lowest BCUT2D eigenvalue weighted by Gasteiger charge is -2.28. The molecule has 0 radical (unpaired) electrons. The van der Waals surface area contributed by atoms with Crippen LogP contribution in [0.4, 0.5) is 0 Å². The molecule has 84 valence electrons. The normalized spacial score (nSPS) is 21.0. The summed E-state index contributed by atoms with van der Waals surface area (Å²) in [7, 11) is 1.75. The molecule has 3 heteroatoms. The lowest BCUT2D eigenvalue weighted by molar-refractivity contribution is 0.180. The molecule has 1 unspecified atom stereocenters. The van der Waals surface area contributed by atoms with Gasteiger partial charge in [-0.05, 0) is 38.8 Å². The Morgan fingerprint density at radius 3 is 2.64 bits per heavy atom. The van der Waals surface area contributed by atoms with Crippen LogP contribution in [0, 0.1) is 0 Å². The summed E-state index contributed by atoms with van der Waals surface area (Å²) in [6, 6.07) is 0.336. The summed E-state index contributed by atoms with van der Waals surface area (Å²) in [6.07, 6.45) is 6.28. The van der Waals surface area contributed by atoms with Crippen molar-refractivity contribution in [2.45, 2.75) is 38.1 Å². The van der Waals surface area contributed by atoms with Crippen LogP contribution in [0.1, 0.15) is 32.1 Å². The first-order chi connectivity index (χ1) is 6.83. The molecule has 2 N–H and O–H groups in total. The molecule has 1 atom stereocenters. The second kappa shape index (κ2) is 7.21. The van der Waals surface area contributed by atoms with Crippen LogP contribution in [-0.2, 0) is 4.74 Å². The first kappa shape index (κ1) is 12.0. The maximum absolute atomic E-state index is 6.05. The van der Waals surface area contributed by atoms with Gasteiger partial charge in [-0.3, -0.25) is 0 Å². The van der Waals surface area contributed by atoms with E-state index in [1.165, 1.54) is 32.4 Å². The van der Waals surface area contributed by atoms with Crippen LogP contribution in [0.25, 0.3) is 0 Å². The maximum atomic E-state index is 6.05. The largest absolute Gasteiger partial charge is 0.385 e. The number of hydrogen-bond donors (Lipinski definition) is 1. The summed E-state index contributed by atoms with van der Waals surface area (Å²) >= 11 is 0. The molecule has 0 aromatic carbocycles. The Kier molecular flexibility index (Phi) is 6.15.